The van der Waals surface area contributed by atoms with Gasteiger partial charge in [0.15, 0.2) is 0 Å². The van der Waals surface area contributed by atoms with Gasteiger partial charge >= 0.3 is 5.97 Å². The maximum atomic E-state index is 10.9. The lowest BCUT2D eigenvalue weighted by atomic mass is 10.0. The SMILES string of the molecule is COC(=O)[C@@H]1C[C@H](O)CCN1. The van der Waals surface area contributed by atoms with Crippen LogP contribution >= 0.6 is 0 Å². The summed E-state index contributed by atoms with van der Waals surface area (Å²) in [4.78, 5) is 10.9. The van der Waals surface area contributed by atoms with Crippen LogP contribution in [0.4, 0.5) is 0 Å². The Morgan fingerprint density at radius 1 is 1.73 bits per heavy atom. The first-order valence-electron chi connectivity index (χ1n) is 3.73. The molecule has 1 heterocycles. The van der Waals surface area contributed by atoms with Crippen molar-refractivity contribution in [3.63, 3.8) is 0 Å². The molecule has 0 aromatic heterocycles. The molecule has 0 spiro atoms. The number of carbonyl (C=O) groups excluding carboxylic acids is 1. The predicted molar refractivity (Wildman–Crippen MR) is 39.0 cm³/mol. The zero-order valence-electron chi connectivity index (χ0n) is 6.54. The Balaban J connectivity index is 2.39. The molecule has 0 bridgehead atoms. The number of esters is 1. The van der Waals surface area contributed by atoms with Gasteiger partial charge in [0.1, 0.15) is 6.04 Å². The number of carbonyl (C=O) groups is 1. The zero-order chi connectivity index (χ0) is 8.27. The van der Waals surface area contributed by atoms with E-state index in [9.17, 15) is 9.90 Å². The fourth-order valence-electron chi connectivity index (χ4n) is 1.22. The standard InChI is InChI=1S/C7H13NO3/c1-11-7(10)6-4-5(9)2-3-8-6/h5-6,8-9H,2-4H2,1H3/t5-,6+/m1/s1. The lowest BCUT2D eigenvalue weighted by Crippen LogP contribution is -2.45. The van der Waals surface area contributed by atoms with Crippen LogP contribution in [0.25, 0.3) is 0 Å². The molecule has 64 valence electrons. The Hall–Kier alpha value is -0.610. The molecule has 0 aliphatic carbocycles. The number of piperidine rings is 1. The Bertz CT molecular complexity index is 149. The molecule has 11 heavy (non-hydrogen) atoms. The monoisotopic (exact) mass is 159 g/mol. The molecule has 0 amide bonds. The number of nitrogens with one attached hydrogen (secondary N) is 1. The Kier molecular flexibility index (Phi) is 2.84. The van der Waals surface area contributed by atoms with Crippen LogP contribution in [0.1, 0.15) is 12.8 Å². The second-order valence-corrected chi connectivity index (χ2v) is 2.71. The fraction of sp³-hybridized carbons (Fsp3) is 0.857. The summed E-state index contributed by atoms with van der Waals surface area (Å²) in [7, 11) is 1.35. The van der Waals surface area contributed by atoms with E-state index < -0.39 is 0 Å². The summed E-state index contributed by atoms with van der Waals surface area (Å²) >= 11 is 0. The highest BCUT2D eigenvalue weighted by molar-refractivity contribution is 5.75. The van der Waals surface area contributed by atoms with Crippen molar-refractivity contribution in [3.8, 4) is 0 Å². The average Bonchev–Trinajstić information content (AvgIpc) is 2.03. The summed E-state index contributed by atoms with van der Waals surface area (Å²) in [6.07, 6.45) is 0.820. The van der Waals surface area contributed by atoms with E-state index in [0.29, 0.717) is 19.4 Å². The quantitative estimate of drug-likeness (QED) is 0.495. The van der Waals surface area contributed by atoms with Crippen LogP contribution in [0, 0.1) is 0 Å². The van der Waals surface area contributed by atoms with E-state index in [0.717, 1.165) is 0 Å². The largest absolute Gasteiger partial charge is 0.468 e. The first kappa shape index (κ1) is 8.49. The zero-order valence-corrected chi connectivity index (χ0v) is 6.54. The highest BCUT2D eigenvalue weighted by Crippen LogP contribution is 2.08. The van der Waals surface area contributed by atoms with E-state index in [4.69, 9.17) is 0 Å². The van der Waals surface area contributed by atoms with Gasteiger partial charge in [-0.1, -0.05) is 0 Å². The maximum Gasteiger partial charge on any atom is 0.322 e. The van der Waals surface area contributed by atoms with Gasteiger partial charge < -0.3 is 15.2 Å². The van der Waals surface area contributed by atoms with Crippen molar-refractivity contribution in [1.82, 2.24) is 5.32 Å². The Morgan fingerprint density at radius 2 is 2.45 bits per heavy atom. The molecular formula is C7H13NO3. The number of aliphatic hydroxyl groups excluding tert-OH is 1. The van der Waals surface area contributed by atoms with Crippen molar-refractivity contribution in [2.24, 2.45) is 0 Å². The molecule has 1 rings (SSSR count). The molecule has 1 aliphatic rings. The summed E-state index contributed by atoms with van der Waals surface area (Å²) in [5.74, 6) is -0.288. The van der Waals surface area contributed by atoms with E-state index in [1.165, 1.54) is 7.11 Å². The van der Waals surface area contributed by atoms with E-state index in [-0.39, 0.29) is 18.1 Å². The van der Waals surface area contributed by atoms with Gasteiger partial charge in [-0.05, 0) is 19.4 Å². The number of hydrogen-bond acceptors (Lipinski definition) is 4. The number of rotatable bonds is 1. The Labute approximate surface area is 65.5 Å². The first-order valence-corrected chi connectivity index (χ1v) is 3.73. The van der Waals surface area contributed by atoms with E-state index in [1.54, 1.807) is 0 Å². The van der Waals surface area contributed by atoms with Gasteiger partial charge in [0.25, 0.3) is 0 Å². The lowest BCUT2D eigenvalue weighted by Gasteiger charge is -2.24. The van der Waals surface area contributed by atoms with Crippen LogP contribution < -0.4 is 5.32 Å². The minimum Gasteiger partial charge on any atom is -0.468 e. The maximum absolute atomic E-state index is 10.9. The molecule has 0 unspecified atom stereocenters. The van der Waals surface area contributed by atoms with E-state index in [2.05, 4.69) is 10.1 Å². The second-order valence-electron chi connectivity index (χ2n) is 2.71. The average molecular weight is 159 g/mol. The topological polar surface area (TPSA) is 58.6 Å². The third-order valence-corrected chi connectivity index (χ3v) is 1.86. The molecule has 1 aliphatic heterocycles. The molecule has 1 saturated heterocycles. The van der Waals surface area contributed by atoms with Crippen LogP contribution in [0.15, 0.2) is 0 Å². The number of hydrogen-bond donors (Lipinski definition) is 2. The highest BCUT2D eigenvalue weighted by Gasteiger charge is 2.25. The molecule has 0 radical (unpaired) electrons. The number of ether oxygens (including phenoxy) is 1. The van der Waals surface area contributed by atoms with Gasteiger partial charge in [-0.2, -0.15) is 0 Å². The van der Waals surface area contributed by atoms with Crippen molar-refractivity contribution in [2.45, 2.75) is 25.0 Å². The molecular weight excluding hydrogens is 146 g/mol. The number of aliphatic hydroxyl groups is 1. The smallest absolute Gasteiger partial charge is 0.322 e. The van der Waals surface area contributed by atoms with Crippen molar-refractivity contribution < 1.29 is 14.6 Å². The molecule has 4 nitrogen and oxygen atoms in total. The van der Waals surface area contributed by atoms with Gasteiger partial charge in [-0.15, -0.1) is 0 Å². The molecule has 0 saturated carbocycles. The van der Waals surface area contributed by atoms with Gasteiger partial charge in [-0.25, -0.2) is 0 Å². The summed E-state index contributed by atoms with van der Waals surface area (Å²) in [6, 6.07) is -0.316. The minimum absolute atomic E-state index is 0.288. The van der Waals surface area contributed by atoms with Gasteiger partial charge in [0, 0.05) is 0 Å². The van der Waals surface area contributed by atoms with Crippen molar-refractivity contribution >= 4 is 5.97 Å². The summed E-state index contributed by atoms with van der Waals surface area (Å²) in [5, 5.41) is 12.1. The molecule has 0 aromatic carbocycles. The van der Waals surface area contributed by atoms with Crippen LogP contribution in [0.3, 0.4) is 0 Å². The summed E-state index contributed by atoms with van der Waals surface area (Å²) < 4.78 is 4.53. The van der Waals surface area contributed by atoms with Crippen LogP contribution in [-0.4, -0.2) is 36.9 Å². The van der Waals surface area contributed by atoms with E-state index >= 15 is 0 Å². The summed E-state index contributed by atoms with van der Waals surface area (Å²) in [6.45, 7) is 0.681. The van der Waals surface area contributed by atoms with Gasteiger partial charge in [0.2, 0.25) is 0 Å². The molecule has 2 N–H and O–H groups in total. The predicted octanol–water partition coefficient (Wildman–Crippen LogP) is -0.728. The third-order valence-electron chi connectivity index (χ3n) is 1.86. The normalized spacial score (nSPS) is 31.5. The van der Waals surface area contributed by atoms with Crippen molar-refractivity contribution in [2.75, 3.05) is 13.7 Å². The molecule has 2 atom stereocenters. The van der Waals surface area contributed by atoms with Crippen molar-refractivity contribution in [3.05, 3.63) is 0 Å². The van der Waals surface area contributed by atoms with Gasteiger partial charge in [-0.3, -0.25) is 4.79 Å². The molecule has 0 aromatic rings. The van der Waals surface area contributed by atoms with Crippen molar-refractivity contribution in [1.29, 1.82) is 0 Å². The summed E-state index contributed by atoms with van der Waals surface area (Å²) in [5.41, 5.74) is 0. The molecule has 4 heteroatoms. The van der Waals surface area contributed by atoms with E-state index in [1.807, 2.05) is 0 Å². The fourth-order valence-corrected chi connectivity index (χ4v) is 1.22. The molecule has 1 fully saturated rings. The van der Waals surface area contributed by atoms with Gasteiger partial charge in [0.05, 0.1) is 13.2 Å². The Morgan fingerprint density at radius 3 is 3.00 bits per heavy atom. The van der Waals surface area contributed by atoms with Crippen LogP contribution in [0.2, 0.25) is 0 Å². The first-order chi connectivity index (χ1) is 5.24. The lowest BCUT2D eigenvalue weighted by molar-refractivity contribution is -0.144. The number of methoxy groups -OCH3 is 1. The van der Waals surface area contributed by atoms with Crippen LogP contribution in [0.5, 0.6) is 0 Å². The second kappa shape index (κ2) is 3.69. The van der Waals surface area contributed by atoms with Crippen LogP contribution in [-0.2, 0) is 9.53 Å². The third kappa shape index (κ3) is 2.17. The minimum atomic E-state index is -0.361. The highest BCUT2D eigenvalue weighted by atomic mass is 16.5.